The maximum absolute atomic E-state index is 11.6. The van der Waals surface area contributed by atoms with E-state index in [1.165, 1.54) is 6.07 Å². The van der Waals surface area contributed by atoms with Crippen LogP contribution >= 0.6 is 0 Å². The van der Waals surface area contributed by atoms with E-state index in [1.54, 1.807) is 13.8 Å². The van der Waals surface area contributed by atoms with E-state index in [1.807, 2.05) is 4.90 Å². The van der Waals surface area contributed by atoms with Gasteiger partial charge in [-0.3, -0.25) is 9.59 Å². The van der Waals surface area contributed by atoms with Crippen LogP contribution in [0.1, 0.15) is 43.7 Å². The van der Waals surface area contributed by atoms with Gasteiger partial charge in [-0.25, -0.2) is 4.98 Å². The molecule has 1 atom stereocenters. The standard InChI is InChI=1S/C12H17N3O2/c1-8-13-10(7-12(17)14-8)11-5-3-4-6-15(11)9(2)16/h7,11H,3-6H2,1-2H3,(H,13,14,17). The van der Waals surface area contributed by atoms with Crippen molar-refractivity contribution in [3.05, 3.63) is 27.9 Å². The molecule has 0 aliphatic carbocycles. The van der Waals surface area contributed by atoms with E-state index in [0.717, 1.165) is 25.8 Å². The first kappa shape index (κ1) is 11.8. The molecule has 1 N–H and O–H groups in total. The summed E-state index contributed by atoms with van der Waals surface area (Å²) in [6, 6.07) is 1.46. The first-order chi connectivity index (χ1) is 8.08. The number of aromatic nitrogens is 2. The van der Waals surface area contributed by atoms with Crippen molar-refractivity contribution in [2.45, 2.75) is 39.2 Å². The second-order valence-electron chi connectivity index (χ2n) is 4.48. The molecule has 1 fully saturated rings. The van der Waals surface area contributed by atoms with Crippen LogP contribution in [0.25, 0.3) is 0 Å². The Kier molecular flexibility index (Phi) is 3.26. The second-order valence-corrected chi connectivity index (χ2v) is 4.48. The maximum atomic E-state index is 11.6. The van der Waals surface area contributed by atoms with Gasteiger partial charge in [-0.1, -0.05) is 0 Å². The SMILES string of the molecule is CC(=O)N1CCCCC1c1cc(=O)[nH]c(C)n1. The average Bonchev–Trinajstić information content (AvgIpc) is 2.27. The molecular weight excluding hydrogens is 218 g/mol. The molecule has 5 heteroatoms. The van der Waals surface area contributed by atoms with Gasteiger partial charge in [0.1, 0.15) is 5.82 Å². The van der Waals surface area contributed by atoms with Crippen molar-refractivity contribution in [1.29, 1.82) is 0 Å². The van der Waals surface area contributed by atoms with E-state index in [0.29, 0.717) is 11.5 Å². The van der Waals surface area contributed by atoms with Crippen molar-refractivity contribution in [3.63, 3.8) is 0 Å². The zero-order chi connectivity index (χ0) is 12.4. The van der Waals surface area contributed by atoms with Crippen LogP contribution in [0.15, 0.2) is 10.9 Å². The van der Waals surface area contributed by atoms with Gasteiger partial charge in [-0.2, -0.15) is 0 Å². The Morgan fingerprint density at radius 1 is 1.53 bits per heavy atom. The summed E-state index contributed by atoms with van der Waals surface area (Å²) < 4.78 is 0. The molecule has 2 heterocycles. The third-order valence-corrected chi connectivity index (χ3v) is 3.13. The van der Waals surface area contributed by atoms with E-state index in [9.17, 15) is 9.59 Å². The zero-order valence-corrected chi connectivity index (χ0v) is 10.2. The van der Waals surface area contributed by atoms with E-state index >= 15 is 0 Å². The van der Waals surface area contributed by atoms with Gasteiger partial charge in [0.05, 0.1) is 11.7 Å². The molecule has 0 aromatic carbocycles. The number of H-pyrrole nitrogens is 1. The molecule has 1 aromatic heterocycles. The lowest BCUT2D eigenvalue weighted by Crippen LogP contribution is -2.38. The lowest BCUT2D eigenvalue weighted by atomic mass is 9.99. The molecule has 1 aliphatic heterocycles. The topological polar surface area (TPSA) is 66.1 Å². The summed E-state index contributed by atoms with van der Waals surface area (Å²) in [7, 11) is 0. The number of rotatable bonds is 1. The second kappa shape index (κ2) is 4.69. The average molecular weight is 235 g/mol. The van der Waals surface area contributed by atoms with Crippen LogP contribution in [0.3, 0.4) is 0 Å². The van der Waals surface area contributed by atoms with Crippen molar-refractivity contribution >= 4 is 5.91 Å². The predicted molar refractivity (Wildman–Crippen MR) is 63.6 cm³/mol. The highest BCUT2D eigenvalue weighted by Gasteiger charge is 2.27. The Morgan fingerprint density at radius 3 is 2.94 bits per heavy atom. The minimum absolute atomic E-state index is 0.0396. The summed E-state index contributed by atoms with van der Waals surface area (Å²) in [5.41, 5.74) is 0.558. The lowest BCUT2D eigenvalue weighted by molar-refractivity contribution is -0.132. The molecule has 0 bridgehead atoms. The molecule has 2 rings (SSSR count). The van der Waals surface area contributed by atoms with Crippen LogP contribution in [0.5, 0.6) is 0 Å². The number of aromatic amines is 1. The van der Waals surface area contributed by atoms with Crippen molar-refractivity contribution in [3.8, 4) is 0 Å². The Balaban J connectivity index is 2.35. The fourth-order valence-electron chi connectivity index (χ4n) is 2.39. The summed E-state index contributed by atoms with van der Waals surface area (Å²) in [5, 5.41) is 0. The molecule has 0 radical (unpaired) electrons. The van der Waals surface area contributed by atoms with Gasteiger partial charge in [0.2, 0.25) is 5.91 Å². The number of nitrogens with zero attached hydrogens (tertiary/aromatic N) is 2. The Bertz CT molecular complexity index is 481. The maximum Gasteiger partial charge on any atom is 0.251 e. The van der Waals surface area contributed by atoms with Crippen LogP contribution in [0.4, 0.5) is 0 Å². The summed E-state index contributed by atoms with van der Waals surface area (Å²) >= 11 is 0. The minimum atomic E-state index is -0.151. The third kappa shape index (κ3) is 2.54. The summed E-state index contributed by atoms with van der Waals surface area (Å²) in [4.78, 5) is 31.8. The highest BCUT2D eigenvalue weighted by Crippen LogP contribution is 2.29. The van der Waals surface area contributed by atoms with Gasteiger partial charge < -0.3 is 9.88 Å². The smallest absolute Gasteiger partial charge is 0.251 e. The number of likely N-dealkylation sites (tertiary alicyclic amines) is 1. The fourth-order valence-corrected chi connectivity index (χ4v) is 2.39. The van der Waals surface area contributed by atoms with Crippen molar-refractivity contribution in [1.82, 2.24) is 14.9 Å². The highest BCUT2D eigenvalue weighted by molar-refractivity contribution is 5.73. The molecule has 1 amide bonds. The van der Waals surface area contributed by atoms with Gasteiger partial charge >= 0.3 is 0 Å². The zero-order valence-electron chi connectivity index (χ0n) is 10.2. The highest BCUT2D eigenvalue weighted by atomic mass is 16.2. The molecule has 1 unspecified atom stereocenters. The molecule has 0 saturated carbocycles. The van der Waals surface area contributed by atoms with Crippen LogP contribution in [-0.2, 0) is 4.79 Å². The van der Waals surface area contributed by atoms with Gasteiger partial charge in [0, 0.05) is 19.5 Å². The molecule has 1 aliphatic rings. The first-order valence-electron chi connectivity index (χ1n) is 5.93. The van der Waals surface area contributed by atoms with Crippen molar-refractivity contribution in [2.24, 2.45) is 0 Å². The number of carbonyl (C=O) groups is 1. The van der Waals surface area contributed by atoms with Crippen molar-refractivity contribution < 1.29 is 4.79 Å². The van der Waals surface area contributed by atoms with Gasteiger partial charge in [-0.15, -0.1) is 0 Å². The Hall–Kier alpha value is -1.65. The minimum Gasteiger partial charge on any atom is -0.334 e. The summed E-state index contributed by atoms with van der Waals surface area (Å²) in [6.45, 7) is 4.08. The van der Waals surface area contributed by atoms with Crippen LogP contribution in [0, 0.1) is 6.92 Å². The van der Waals surface area contributed by atoms with Gasteiger partial charge in [-0.05, 0) is 26.2 Å². The number of hydrogen-bond donors (Lipinski definition) is 1. The number of carbonyl (C=O) groups excluding carboxylic acids is 1. The lowest BCUT2D eigenvalue weighted by Gasteiger charge is -2.34. The molecule has 5 nitrogen and oxygen atoms in total. The monoisotopic (exact) mass is 235 g/mol. The molecule has 1 saturated heterocycles. The van der Waals surface area contributed by atoms with Crippen LogP contribution in [-0.4, -0.2) is 27.3 Å². The predicted octanol–water partition coefficient (Wildman–Crippen LogP) is 1.15. The van der Waals surface area contributed by atoms with E-state index in [2.05, 4.69) is 9.97 Å². The molecular formula is C12H17N3O2. The van der Waals surface area contributed by atoms with Crippen molar-refractivity contribution in [2.75, 3.05) is 6.54 Å². The first-order valence-corrected chi connectivity index (χ1v) is 5.93. The van der Waals surface area contributed by atoms with Crippen LogP contribution in [0.2, 0.25) is 0 Å². The number of nitrogens with one attached hydrogen (secondary N) is 1. The van der Waals surface area contributed by atoms with Crippen LogP contribution < -0.4 is 5.56 Å². The summed E-state index contributed by atoms with van der Waals surface area (Å²) in [5.74, 6) is 0.649. The summed E-state index contributed by atoms with van der Waals surface area (Å²) in [6.07, 6.45) is 2.98. The fraction of sp³-hybridized carbons (Fsp3) is 0.583. The molecule has 92 valence electrons. The largest absolute Gasteiger partial charge is 0.334 e. The van der Waals surface area contributed by atoms with E-state index < -0.39 is 0 Å². The number of aryl methyl sites for hydroxylation is 1. The van der Waals surface area contributed by atoms with Gasteiger partial charge in [0.25, 0.3) is 5.56 Å². The molecule has 17 heavy (non-hydrogen) atoms. The normalized spacial score (nSPS) is 20.4. The third-order valence-electron chi connectivity index (χ3n) is 3.13. The van der Waals surface area contributed by atoms with E-state index in [-0.39, 0.29) is 17.5 Å². The number of piperidine rings is 1. The Labute approximate surface area is 99.9 Å². The number of amides is 1. The molecule has 1 aromatic rings. The Morgan fingerprint density at radius 2 is 2.29 bits per heavy atom. The van der Waals surface area contributed by atoms with E-state index in [4.69, 9.17) is 0 Å². The number of hydrogen-bond acceptors (Lipinski definition) is 3. The quantitative estimate of drug-likeness (QED) is 0.794. The van der Waals surface area contributed by atoms with Gasteiger partial charge in [0.15, 0.2) is 0 Å². The molecule has 0 spiro atoms.